The molecule has 0 radical (unpaired) electrons. The number of aromatic hydroxyl groups is 1. The number of phenolic OH excluding ortho intramolecular Hbond substituents is 1. The maximum Gasteiger partial charge on any atom is 0.340 e. The van der Waals surface area contributed by atoms with Crippen LogP contribution in [0.5, 0.6) is 5.75 Å². The highest BCUT2D eigenvalue weighted by Gasteiger charge is 2.59. The van der Waals surface area contributed by atoms with Gasteiger partial charge in [-0.05, 0) is 62.6 Å². The van der Waals surface area contributed by atoms with Gasteiger partial charge in [-0.3, -0.25) is 4.79 Å². The predicted octanol–water partition coefficient (Wildman–Crippen LogP) is 3.89. The van der Waals surface area contributed by atoms with Gasteiger partial charge in [0.1, 0.15) is 5.75 Å². The summed E-state index contributed by atoms with van der Waals surface area (Å²) >= 11 is 0. The second kappa shape index (κ2) is 7.59. The minimum absolute atomic E-state index is 0.0209. The lowest BCUT2D eigenvalue weighted by atomic mass is 9.71. The molecule has 0 spiro atoms. The van der Waals surface area contributed by atoms with Crippen molar-refractivity contribution in [3.05, 3.63) is 87.3 Å². The highest BCUT2D eigenvalue weighted by molar-refractivity contribution is 6.16. The number of aliphatic carboxylic acids is 2. The van der Waals surface area contributed by atoms with E-state index >= 15 is 0 Å². The van der Waals surface area contributed by atoms with Gasteiger partial charge in [-0.1, -0.05) is 23.8 Å². The minimum Gasteiger partial charge on any atom is -0.507 e. The molecule has 2 aliphatic rings. The van der Waals surface area contributed by atoms with Crippen molar-refractivity contribution in [2.24, 2.45) is 0 Å². The summed E-state index contributed by atoms with van der Waals surface area (Å²) in [6.07, 6.45) is 0.467. The number of carboxylic acid groups (broad SMARTS) is 2. The van der Waals surface area contributed by atoms with Gasteiger partial charge in [-0.15, -0.1) is 0 Å². The summed E-state index contributed by atoms with van der Waals surface area (Å²) in [7, 11) is 0. The molecule has 1 unspecified atom stereocenters. The predicted molar refractivity (Wildman–Crippen MR) is 128 cm³/mol. The number of carbonyl (C=O) groups excluding carboxylic acids is 1. The molecule has 3 heterocycles. The first-order valence-corrected chi connectivity index (χ1v) is 11.2. The van der Waals surface area contributed by atoms with Crippen molar-refractivity contribution in [2.45, 2.75) is 32.7 Å². The van der Waals surface area contributed by atoms with Crippen LogP contribution in [0.1, 0.15) is 41.0 Å². The second-order valence-corrected chi connectivity index (χ2v) is 9.06. The van der Waals surface area contributed by atoms with Crippen LogP contribution < -0.4 is 0 Å². The lowest BCUT2D eigenvalue weighted by molar-refractivity contribution is -0.153. The number of aryl methyl sites for hydroxylation is 1. The van der Waals surface area contributed by atoms with Gasteiger partial charge in [-0.2, -0.15) is 0 Å². The van der Waals surface area contributed by atoms with Crippen molar-refractivity contribution in [3.63, 3.8) is 0 Å². The van der Waals surface area contributed by atoms with E-state index in [0.29, 0.717) is 17.8 Å². The van der Waals surface area contributed by atoms with Gasteiger partial charge in [0.2, 0.25) is 5.54 Å². The van der Waals surface area contributed by atoms with Crippen molar-refractivity contribution >= 4 is 28.6 Å². The maximum absolute atomic E-state index is 13.6. The van der Waals surface area contributed by atoms with E-state index in [1.54, 1.807) is 19.1 Å². The molecule has 0 bridgehead atoms. The number of hydrogen-bond acceptors (Lipinski definition) is 5. The molecule has 0 saturated heterocycles. The van der Waals surface area contributed by atoms with Crippen LogP contribution in [0, 0.1) is 6.92 Å². The summed E-state index contributed by atoms with van der Waals surface area (Å²) in [5, 5.41) is 32.2. The van der Waals surface area contributed by atoms with Gasteiger partial charge in [0.15, 0.2) is 5.78 Å². The number of allylic oxidation sites excluding steroid dienone is 3. The summed E-state index contributed by atoms with van der Waals surface area (Å²) in [4.78, 5) is 44.1. The molecule has 2 aromatic carbocycles. The number of aromatic nitrogens is 1. The number of phenols is 1. The minimum atomic E-state index is -2.04. The Hall–Kier alpha value is -4.33. The topological polar surface area (TPSA) is 131 Å². The van der Waals surface area contributed by atoms with Gasteiger partial charge in [-0.25, -0.2) is 9.59 Å². The smallest absolute Gasteiger partial charge is 0.340 e. The zero-order valence-electron chi connectivity index (χ0n) is 19.5. The van der Waals surface area contributed by atoms with Gasteiger partial charge in [0.05, 0.1) is 16.8 Å². The van der Waals surface area contributed by atoms with Gasteiger partial charge < -0.3 is 25.2 Å². The van der Waals surface area contributed by atoms with Crippen LogP contribution in [0.15, 0.2) is 64.9 Å². The van der Waals surface area contributed by atoms with E-state index in [2.05, 4.69) is 4.98 Å². The van der Waals surface area contributed by atoms with Crippen LogP contribution in [0.3, 0.4) is 0 Å². The Morgan fingerprint density at radius 2 is 1.74 bits per heavy atom. The largest absolute Gasteiger partial charge is 0.507 e. The van der Waals surface area contributed by atoms with E-state index < -0.39 is 28.8 Å². The summed E-state index contributed by atoms with van der Waals surface area (Å²) in [5.41, 5.74) is 0.868. The number of carbonyl (C=O) groups is 3. The van der Waals surface area contributed by atoms with Gasteiger partial charge in [0, 0.05) is 28.7 Å². The number of rotatable bonds is 4. The van der Waals surface area contributed by atoms with Crippen molar-refractivity contribution in [3.8, 4) is 5.75 Å². The first-order valence-electron chi connectivity index (χ1n) is 11.2. The van der Waals surface area contributed by atoms with E-state index in [9.17, 15) is 29.7 Å². The third-order valence-corrected chi connectivity index (χ3v) is 7.19. The Bertz CT molecular complexity index is 1530. The number of ketones is 1. The van der Waals surface area contributed by atoms with Gasteiger partial charge in [0.25, 0.3) is 0 Å². The molecule has 3 aromatic rings. The first kappa shape index (κ1) is 22.5. The number of aromatic amines is 1. The maximum atomic E-state index is 13.6. The average Bonchev–Trinajstić information content (AvgIpc) is 3.17. The molecule has 0 amide bonds. The molecular formula is C27H24N2O6. The Morgan fingerprint density at radius 3 is 2.40 bits per heavy atom. The molecule has 8 nitrogen and oxygen atoms in total. The molecule has 35 heavy (non-hydrogen) atoms. The summed E-state index contributed by atoms with van der Waals surface area (Å²) in [5.74, 6) is -3.56. The van der Waals surface area contributed by atoms with Crippen LogP contribution >= 0.6 is 0 Å². The molecule has 178 valence electrons. The Balaban J connectivity index is 1.84. The highest BCUT2D eigenvalue weighted by atomic mass is 16.4. The fraction of sp³-hybridized carbons (Fsp3) is 0.222. The van der Waals surface area contributed by atoms with Crippen molar-refractivity contribution in [1.82, 2.24) is 9.88 Å². The van der Waals surface area contributed by atoms with E-state index in [1.165, 1.54) is 24.0 Å². The van der Waals surface area contributed by atoms with Crippen molar-refractivity contribution in [1.29, 1.82) is 0 Å². The Labute approximate surface area is 200 Å². The molecule has 1 atom stereocenters. The molecule has 0 fully saturated rings. The molecule has 8 heteroatoms. The zero-order chi connectivity index (χ0) is 25.2. The quantitative estimate of drug-likeness (QED) is 0.424. The molecular weight excluding hydrogens is 448 g/mol. The van der Waals surface area contributed by atoms with Crippen molar-refractivity contribution < 1.29 is 29.7 Å². The van der Waals surface area contributed by atoms with E-state index in [0.717, 1.165) is 22.0 Å². The number of nitrogens with zero attached hydrogens (tertiary/aromatic N) is 1. The third-order valence-electron chi connectivity index (χ3n) is 7.19. The number of fused-ring (bicyclic) bond motifs is 5. The fourth-order valence-electron chi connectivity index (χ4n) is 5.72. The fourth-order valence-corrected chi connectivity index (χ4v) is 5.72. The lowest BCUT2D eigenvalue weighted by Gasteiger charge is -2.49. The molecule has 0 aliphatic carbocycles. The second-order valence-electron chi connectivity index (χ2n) is 9.06. The SMILES string of the molecule is CC1=C(C(=O)O)C2(C(=O)O)c3[nH]c4ccc(C)cc4c3CCN2C(C)=C1C(=O)c1ccccc1O. The summed E-state index contributed by atoms with van der Waals surface area (Å²) in [6.45, 7) is 5.24. The number of para-hydroxylation sites is 1. The third kappa shape index (κ3) is 2.89. The standard InChI is InChI=1S/C27H24N2O6/c1-13-8-9-19-18(12-13)16-10-11-29-15(3)21(23(31)17-6-4-5-7-20(17)30)14(2)22(25(32)33)27(29,26(34)35)24(16)28-19/h4-9,12,28,30H,10-11H2,1-3H3,(H,32,33)(H,34,35). The van der Waals surface area contributed by atoms with Crippen LogP contribution in [-0.2, 0) is 21.5 Å². The Morgan fingerprint density at radius 1 is 1.03 bits per heavy atom. The first-order chi connectivity index (χ1) is 16.6. The number of H-pyrrole nitrogens is 1. The average molecular weight is 472 g/mol. The lowest BCUT2D eigenvalue weighted by Crippen LogP contribution is -2.59. The van der Waals surface area contributed by atoms with E-state index in [1.807, 2.05) is 25.1 Å². The molecule has 0 saturated carbocycles. The normalized spacial score (nSPS) is 19.6. The van der Waals surface area contributed by atoms with E-state index in [-0.39, 0.29) is 29.0 Å². The number of hydrogen-bond donors (Lipinski definition) is 4. The number of benzene rings is 2. The highest BCUT2D eigenvalue weighted by Crippen LogP contribution is 2.51. The number of nitrogens with one attached hydrogen (secondary N) is 1. The monoisotopic (exact) mass is 472 g/mol. The van der Waals surface area contributed by atoms with Crippen LogP contribution in [0.4, 0.5) is 0 Å². The Kier molecular flexibility index (Phi) is 4.87. The van der Waals surface area contributed by atoms with Crippen LogP contribution in [-0.4, -0.2) is 49.5 Å². The summed E-state index contributed by atoms with van der Waals surface area (Å²) < 4.78 is 0. The van der Waals surface area contributed by atoms with Crippen molar-refractivity contribution in [2.75, 3.05) is 6.54 Å². The summed E-state index contributed by atoms with van der Waals surface area (Å²) in [6, 6.07) is 11.8. The number of carboxylic acids is 2. The van der Waals surface area contributed by atoms with E-state index in [4.69, 9.17) is 0 Å². The molecule has 4 N–H and O–H groups in total. The van der Waals surface area contributed by atoms with Crippen LogP contribution in [0.25, 0.3) is 10.9 Å². The molecule has 5 rings (SSSR count). The number of Topliss-reactive ketones (excluding diaryl/α,β-unsaturated/α-hetero) is 1. The molecule has 1 aromatic heterocycles. The molecule has 2 aliphatic heterocycles. The zero-order valence-corrected chi connectivity index (χ0v) is 19.5. The van der Waals surface area contributed by atoms with Gasteiger partial charge >= 0.3 is 11.9 Å². The van der Waals surface area contributed by atoms with Crippen LogP contribution in [0.2, 0.25) is 0 Å².